The minimum Gasteiger partial charge on any atom is -0.493 e. The monoisotopic (exact) mass is 274 g/mol. The predicted molar refractivity (Wildman–Crippen MR) is 59.5 cm³/mol. The zero-order valence-corrected chi connectivity index (χ0v) is 8.95. The lowest BCUT2D eigenvalue weighted by Crippen LogP contribution is -1.94. The average molecular weight is 274 g/mol. The molecule has 0 atom stereocenters. The van der Waals surface area contributed by atoms with E-state index in [0.29, 0.717) is 6.61 Å². The van der Waals surface area contributed by atoms with Crippen molar-refractivity contribution in [3.8, 4) is 5.75 Å². The van der Waals surface area contributed by atoms with Crippen molar-refractivity contribution in [2.24, 2.45) is 0 Å². The minimum absolute atomic E-state index is 0.712. The highest BCUT2D eigenvalue weighted by molar-refractivity contribution is 14.1. The van der Waals surface area contributed by atoms with E-state index in [1.54, 1.807) is 0 Å². The third-order valence-electron chi connectivity index (χ3n) is 1.40. The van der Waals surface area contributed by atoms with Gasteiger partial charge in [-0.15, -0.1) is 6.58 Å². The van der Waals surface area contributed by atoms with Gasteiger partial charge in [-0.25, -0.2) is 0 Å². The molecule has 0 bridgehead atoms. The topological polar surface area (TPSA) is 9.23 Å². The van der Waals surface area contributed by atoms with Gasteiger partial charge in [-0.1, -0.05) is 6.08 Å². The van der Waals surface area contributed by atoms with E-state index >= 15 is 0 Å². The van der Waals surface area contributed by atoms with Gasteiger partial charge in [0, 0.05) is 3.57 Å². The summed E-state index contributed by atoms with van der Waals surface area (Å²) in [6.45, 7) is 4.34. The highest BCUT2D eigenvalue weighted by atomic mass is 127. The number of hydrogen-bond acceptors (Lipinski definition) is 1. The molecule has 0 fully saturated rings. The average Bonchev–Trinajstić information content (AvgIpc) is 2.09. The van der Waals surface area contributed by atoms with Crippen LogP contribution in [-0.2, 0) is 0 Å². The summed E-state index contributed by atoms with van der Waals surface area (Å²) in [6, 6.07) is 8.02. The smallest absolute Gasteiger partial charge is 0.119 e. The first kappa shape index (κ1) is 9.58. The Morgan fingerprint density at radius 1 is 1.33 bits per heavy atom. The van der Waals surface area contributed by atoms with Gasteiger partial charge in [-0.2, -0.15) is 0 Å². The standard InChI is InChI=1S/C10H11IO/c1-2-3-8-12-10-6-4-9(11)5-7-10/h2,4-7H,1,3,8H2. The number of rotatable bonds is 4. The van der Waals surface area contributed by atoms with Crippen LogP contribution in [0.15, 0.2) is 36.9 Å². The van der Waals surface area contributed by atoms with Crippen molar-refractivity contribution in [3.05, 3.63) is 40.5 Å². The van der Waals surface area contributed by atoms with E-state index in [0.717, 1.165) is 12.2 Å². The quantitative estimate of drug-likeness (QED) is 0.465. The van der Waals surface area contributed by atoms with Crippen LogP contribution in [0.2, 0.25) is 0 Å². The lowest BCUT2D eigenvalue weighted by Gasteiger charge is -2.03. The maximum absolute atomic E-state index is 5.43. The predicted octanol–water partition coefficient (Wildman–Crippen LogP) is 3.25. The molecule has 0 N–H and O–H groups in total. The molecule has 1 aromatic rings. The first-order chi connectivity index (χ1) is 5.83. The number of benzene rings is 1. The van der Waals surface area contributed by atoms with E-state index in [4.69, 9.17) is 4.74 Å². The molecule has 0 radical (unpaired) electrons. The van der Waals surface area contributed by atoms with E-state index in [-0.39, 0.29) is 0 Å². The van der Waals surface area contributed by atoms with E-state index < -0.39 is 0 Å². The van der Waals surface area contributed by atoms with Crippen LogP contribution in [0.1, 0.15) is 6.42 Å². The van der Waals surface area contributed by atoms with Gasteiger partial charge in [0.25, 0.3) is 0 Å². The first-order valence-electron chi connectivity index (χ1n) is 3.82. The maximum Gasteiger partial charge on any atom is 0.119 e. The third-order valence-corrected chi connectivity index (χ3v) is 2.12. The Hall–Kier alpha value is -0.510. The molecule has 0 spiro atoms. The largest absolute Gasteiger partial charge is 0.493 e. The molecule has 0 aliphatic heterocycles. The molecule has 0 saturated carbocycles. The summed E-state index contributed by atoms with van der Waals surface area (Å²) in [5.74, 6) is 0.928. The normalized spacial score (nSPS) is 9.42. The van der Waals surface area contributed by atoms with Gasteiger partial charge in [0.05, 0.1) is 6.61 Å². The lowest BCUT2D eigenvalue weighted by molar-refractivity contribution is 0.325. The van der Waals surface area contributed by atoms with Crippen LogP contribution < -0.4 is 4.74 Å². The first-order valence-corrected chi connectivity index (χ1v) is 4.90. The molecule has 0 unspecified atom stereocenters. The number of hydrogen-bond donors (Lipinski definition) is 0. The number of ether oxygens (including phenoxy) is 1. The molecule has 0 aliphatic rings. The molecule has 1 nitrogen and oxygen atoms in total. The van der Waals surface area contributed by atoms with Crippen molar-refractivity contribution in [3.63, 3.8) is 0 Å². The van der Waals surface area contributed by atoms with Crippen molar-refractivity contribution < 1.29 is 4.74 Å². The molecule has 2 heteroatoms. The van der Waals surface area contributed by atoms with Crippen molar-refractivity contribution in [1.82, 2.24) is 0 Å². The van der Waals surface area contributed by atoms with Gasteiger partial charge >= 0.3 is 0 Å². The van der Waals surface area contributed by atoms with Crippen LogP contribution in [0.3, 0.4) is 0 Å². The van der Waals surface area contributed by atoms with Gasteiger partial charge in [-0.05, 0) is 53.3 Å². The highest BCUT2D eigenvalue weighted by Gasteiger charge is 1.91. The lowest BCUT2D eigenvalue weighted by atomic mass is 10.3. The highest BCUT2D eigenvalue weighted by Crippen LogP contribution is 2.13. The van der Waals surface area contributed by atoms with Crippen molar-refractivity contribution in [2.45, 2.75) is 6.42 Å². The van der Waals surface area contributed by atoms with E-state index in [9.17, 15) is 0 Å². The Morgan fingerprint density at radius 2 is 2.00 bits per heavy atom. The third kappa shape index (κ3) is 3.26. The Balaban J connectivity index is 2.42. The van der Waals surface area contributed by atoms with Crippen molar-refractivity contribution >= 4 is 22.6 Å². The SMILES string of the molecule is C=CCCOc1ccc(I)cc1. The van der Waals surface area contributed by atoms with Crippen LogP contribution in [0.4, 0.5) is 0 Å². The van der Waals surface area contributed by atoms with Crippen molar-refractivity contribution in [2.75, 3.05) is 6.61 Å². The van der Waals surface area contributed by atoms with Gasteiger partial charge in [0.1, 0.15) is 5.75 Å². The summed E-state index contributed by atoms with van der Waals surface area (Å²) in [5.41, 5.74) is 0. The van der Waals surface area contributed by atoms with Crippen LogP contribution in [0.5, 0.6) is 5.75 Å². The maximum atomic E-state index is 5.43. The van der Waals surface area contributed by atoms with Crippen LogP contribution >= 0.6 is 22.6 Å². The molecule has 0 aromatic heterocycles. The molecular formula is C10H11IO. The second kappa shape index (κ2) is 5.19. The Kier molecular flexibility index (Phi) is 4.14. The molecule has 0 heterocycles. The second-order valence-corrected chi connectivity index (χ2v) is 3.63. The molecule has 12 heavy (non-hydrogen) atoms. The Bertz CT molecular complexity index is 241. The van der Waals surface area contributed by atoms with Gasteiger partial charge < -0.3 is 4.74 Å². The van der Waals surface area contributed by atoms with Gasteiger partial charge in [0.15, 0.2) is 0 Å². The molecule has 1 aromatic carbocycles. The minimum atomic E-state index is 0.712. The summed E-state index contributed by atoms with van der Waals surface area (Å²) >= 11 is 2.27. The molecular weight excluding hydrogens is 263 g/mol. The fraction of sp³-hybridized carbons (Fsp3) is 0.200. The summed E-state index contributed by atoms with van der Waals surface area (Å²) in [5, 5.41) is 0. The summed E-state index contributed by atoms with van der Waals surface area (Å²) < 4.78 is 6.65. The summed E-state index contributed by atoms with van der Waals surface area (Å²) in [7, 11) is 0. The Labute approximate surface area is 86.6 Å². The second-order valence-electron chi connectivity index (χ2n) is 2.38. The molecule has 64 valence electrons. The zero-order valence-electron chi connectivity index (χ0n) is 6.79. The van der Waals surface area contributed by atoms with Gasteiger partial charge in [0.2, 0.25) is 0 Å². The van der Waals surface area contributed by atoms with Crippen LogP contribution in [0, 0.1) is 3.57 Å². The van der Waals surface area contributed by atoms with E-state index in [1.165, 1.54) is 3.57 Å². The number of halogens is 1. The fourth-order valence-corrected chi connectivity index (χ4v) is 1.15. The fourth-order valence-electron chi connectivity index (χ4n) is 0.791. The summed E-state index contributed by atoms with van der Waals surface area (Å²) in [6.07, 6.45) is 2.75. The van der Waals surface area contributed by atoms with Gasteiger partial charge in [-0.3, -0.25) is 0 Å². The molecule has 0 aliphatic carbocycles. The molecule has 0 saturated heterocycles. The van der Waals surface area contributed by atoms with Crippen LogP contribution in [0.25, 0.3) is 0 Å². The van der Waals surface area contributed by atoms with E-state index in [2.05, 4.69) is 29.2 Å². The summed E-state index contributed by atoms with van der Waals surface area (Å²) in [4.78, 5) is 0. The molecule has 0 amide bonds. The van der Waals surface area contributed by atoms with Crippen LogP contribution in [-0.4, -0.2) is 6.61 Å². The van der Waals surface area contributed by atoms with Crippen molar-refractivity contribution in [1.29, 1.82) is 0 Å². The molecule has 1 rings (SSSR count). The zero-order chi connectivity index (χ0) is 8.81. The van der Waals surface area contributed by atoms with E-state index in [1.807, 2.05) is 30.3 Å². The Morgan fingerprint density at radius 3 is 2.58 bits per heavy atom.